The van der Waals surface area contributed by atoms with Gasteiger partial charge in [0.25, 0.3) is 15.9 Å². The first-order valence-electron chi connectivity index (χ1n) is 9.62. The summed E-state index contributed by atoms with van der Waals surface area (Å²) in [7, 11) is -2.13. The first kappa shape index (κ1) is 22.2. The Hall–Kier alpha value is -3.52. The predicted octanol–water partition coefficient (Wildman–Crippen LogP) is 3.75. The summed E-state index contributed by atoms with van der Waals surface area (Å²) >= 11 is 0. The molecule has 1 amide bonds. The van der Waals surface area contributed by atoms with Crippen LogP contribution < -0.4 is 19.5 Å². The van der Waals surface area contributed by atoms with E-state index in [2.05, 4.69) is 10.0 Å². The Bertz CT molecular complexity index is 1120. The van der Waals surface area contributed by atoms with E-state index < -0.39 is 10.0 Å². The van der Waals surface area contributed by atoms with Crippen molar-refractivity contribution in [1.29, 1.82) is 0 Å². The van der Waals surface area contributed by atoms with Crippen molar-refractivity contribution >= 4 is 21.6 Å². The highest BCUT2D eigenvalue weighted by Gasteiger charge is 2.16. The van der Waals surface area contributed by atoms with Crippen molar-refractivity contribution in [2.24, 2.45) is 0 Å². The van der Waals surface area contributed by atoms with E-state index in [0.29, 0.717) is 17.2 Å². The quantitative estimate of drug-likeness (QED) is 0.529. The van der Waals surface area contributed by atoms with E-state index in [-0.39, 0.29) is 23.5 Å². The van der Waals surface area contributed by atoms with Gasteiger partial charge in [0.2, 0.25) is 0 Å². The van der Waals surface area contributed by atoms with Gasteiger partial charge in [-0.2, -0.15) is 0 Å². The average Bonchev–Trinajstić information content (AvgIpc) is 2.78. The van der Waals surface area contributed by atoms with E-state index in [1.54, 1.807) is 37.4 Å². The van der Waals surface area contributed by atoms with Gasteiger partial charge >= 0.3 is 0 Å². The standard InChI is InChI=1S/C23H24N2O5S/c1-17(21-10-6-7-11-22(21)29-2)24-23(26)16-30-19-12-14-20(15-13-19)31(27,28)25-18-8-4-3-5-9-18/h3-15,17,25H,16H2,1-2H3,(H,24,26). The van der Waals surface area contributed by atoms with Crippen LogP contribution in [0, 0.1) is 0 Å². The minimum absolute atomic E-state index is 0.0953. The fraction of sp³-hybridized carbons (Fsp3) is 0.174. The molecule has 2 N–H and O–H groups in total. The zero-order valence-corrected chi connectivity index (χ0v) is 18.1. The van der Waals surface area contributed by atoms with Crippen molar-refractivity contribution in [3.63, 3.8) is 0 Å². The minimum atomic E-state index is -3.71. The molecule has 31 heavy (non-hydrogen) atoms. The third kappa shape index (κ3) is 5.99. The molecule has 0 aromatic heterocycles. The van der Waals surface area contributed by atoms with Crippen LogP contribution in [-0.2, 0) is 14.8 Å². The molecule has 7 nitrogen and oxygen atoms in total. The molecule has 0 saturated heterocycles. The number of amides is 1. The Labute approximate surface area is 182 Å². The number of sulfonamides is 1. The van der Waals surface area contributed by atoms with Crippen LogP contribution in [0.15, 0.2) is 83.8 Å². The maximum Gasteiger partial charge on any atom is 0.261 e. The summed E-state index contributed by atoms with van der Waals surface area (Å²) in [5.41, 5.74) is 1.34. The highest BCUT2D eigenvalue weighted by Crippen LogP contribution is 2.24. The fourth-order valence-electron chi connectivity index (χ4n) is 2.97. The normalized spacial score (nSPS) is 11.9. The van der Waals surface area contributed by atoms with Crippen molar-refractivity contribution in [3.05, 3.63) is 84.4 Å². The molecule has 1 atom stereocenters. The van der Waals surface area contributed by atoms with E-state index in [9.17, 15) is 13.2 Å². The number of anilines is 1. The lowest BCUT2D eigenvalue weighted by Gasteiger charge is -2.17. The Morgan fingerprint density at radius 1 is 0.935 bits per heavy atom. The maximum absolute atomic E-state index is 12.5. The number of rotatable bonds is 9. The summed E-state index contributed by atoms with van der Waals surface area (Å²) in [6.45, 7) is 1.66. The van der Waals surface area contributed by atoms with E-state index in [0.717, 1.165) is 5.56 Å². The fourth-order valence-corrected chi connectivity index (χ4v) is 4.03. The molecule has 0 aliphatic carbocycles. The van der Waals surface area contributed by atoms with Gasteiger partial charge in [0.05, 0.1) is 18.0 Å². The molecule has 3 aromatic carbocycles. The second kappa shape index (κ2) is 9.99. The Morgan fingerprint density at radius 2 is 1.58 bits per heavy atom. The summed E-state index contributed by atoms with van der Waals surface area (Å²) in [5.74, 6) is 0.775. The molecule has 3 aromatic rings. The molecule has 0 radical (unpaired) electrons. The number of benzene rings is 3. The second-order valence-corrected chi connectivity index (χ2v) is 8.45. The zero-order chi connectivity index (χ0) is 22.3. The van der Waals surface area contributed by atoms with Crippen LogP contribution in [0.25, 0.3) is 0 Å². The number of methoxy groups -OCH3 is 1. The lowest BCUT2D eigenvalue weighted by atomic mass is 10.1. The number of nitrogens with one attached hydrogen (secondary N) is 2. The molecule has 0 aliphatic rings. The third-order valence-corrected chi connectivity index (χ3v) is 5.91. The molecular weight excluding hydrogens is 416 g/mol. The van der Waals surface area contributed by atoms with Crippen LogP contribution in [0.5, 0.6) is 11.5 Å². The van der Waals surface area contributed by atoms with Crippen molar-refractivity contribution in [2.45, 2.75) is 17.9 Å². The highest BCUT2D eigenvalue weighted by molar-refractivity contribution is 7.92. The monoisotopic (exact) mass is 440 g/mol. The van der Waals surface area contributed by atoms with Crippen LogP contribution in [-0.4, -0.2) is 28.0 Å². The Kier molecular flexibility index (Phi) is 7.15. The topological polar surface area (TPSA) is 93.7 Å². The summed E-state index contributed by atoms with van der Waals surface area (Å²) < 4.78 is 38.2. The number of carbonyl (C=O) groups excluding carboxylic acids is 1. The molecular formula is C23H24N2O5S. The summed E-state index contributed by atoms with van der Waals surface area (Å²) in [4.78, 5) is 12.3. The number of hydrogen-bond donors (Lipinski definition) is 2. The molecule has 8 heteroatoms. The van der Waals surface area contributed by atoms with Crippen molar-refractivity contribution in [2.75, 3.05) is 18.4 Å². The van der Waals surface area contributed by atoms with Gasteiger partial charge in [-0.3, -0.25) is 9.52 Å². The zero-order valence-electron chi connectivity index (χ0n) is 17.2. The molecule has 1 unspecified atom stereocenters. The van der Waals surface area contributed by atoms with Gasteiger partial charge in [0.1, 0.15) is 11.5 Å². The first-order valence-corrected chi connectivity index (χ1v) is 11.1. The van der Waals surface area contributed by atoms with E-state index in [4.69, 9.17) is 9.47 Å². The molecule has 0 bridgehead atoms. The molecule has 3 rings (SSSR count). The second-order valence-electron chi connectivity index (χ2n) is 6.76. The maximum atomic E-state index is 12.5. The predicted molar refractivity (Wildman–Crippen MR) is 119 cm³/mol. The van der Waals surface area contributed by atoms with Gasteiger partial charge in [-0.1, -0.05) is 36.4 Å². The molecule has 0 spiro atoms. The lowest BCUT2D eigenvalue weighted by Crippen LogP contribution is -2.31. The highest BCUT2D eigenvalue weighted by atomic mass is 32.2. The van der Waals surface area contributed by atoms with Crippen LogP contribution >= 0.6 is 0 Å². The minimum Gasteiger partial charge on any atom is -0.496 e. The Balaban J connectivity index is 1.56. The van der Waals surface area contributed by atoms with Crippen LogP contribution in [0.1, 0.15) is 18.5 Å². The lowest BCUT2D eigenvalue weighted by molar-refractivity contribution is -0.123. The average molecular weight is 441 g/mol. The number of carbonyl (C=O) groups is 1. The van der Waals surface area contributed by atoms with Gasteiger partial charge in [-0.05, 0) is 49.4 Å². The molecule has 0 heterocycles. The van der Waals surface area contributed by atoms with Gasteiger partial charge in [-0.15, -0.1) is 0 Å². The number of para-hydroxylation sites is 2. The molecule has 0 fully saturated rings. The molecule has 0 saturated carbocycles. The first-order chi connectivity index (χ1) is 14.9. The van der Waals surface area contributed by atoms with Gasteiger partial charge in [0, 0.05) is 11.3 Å². The van der Waals surface area contributed by atoms with Crippen LogP contribution in [0.3, 0.4) is 0 Å². The van der Waals surface area contributed by atoms with Gasteiger partial charge < -0.3 is 14.8 Å². The molecule has 162 valence electrons. The Morgan fingerprint density at radius 3 is 2.26 bits per heavy atom. The summed E-state index contributed by atoms with van der Waals surface area (Å²) in [6.07, 6.45) is 0. The van der Waals surface area contributed by atoms with Crippen LogP contribution in [0.2, 0.25) is 0 Å². The van der Waals surface area contributed by atoms with E-state index >= 15 is 0 Å². The van der Waals surface area contributed by atoms with Gasteiger partial charge in [0.15, 0.2) is 6.61 Å². The SMILES string of the molecule is COc1ccccc1C(C)NC(=O)COc1ccc(S(=O)(=O)Nc2ccccc2)cc1. The van der Waals surface area contributed by atoms with E-state index in [1.807, 2.05) is 31.2 Å². The summed E-state index contributed by atoms with van der Waals surface area (Å²) in [5, 5.41) is 2.85. The van der Waals surface area contributed by atoms with Crippen molar-refractivity contribution < 1.29 is 22.7 Å². The summed E-state index contributed by atoms with van der Waals surface area (Å²) in [6, 6.07) is 21.7. The number of ether oxygens (including phenoxy) is 2. The van der Waals surface area contributed by atoms with Gasteiger partial charge in [-0.25, -0.2) is 8.42 Å². The third-order valence-electron chi connectivity index (χ3n) is 4.51. The number of hydrogen-bond acceptors (Lipinski definition) is 5. The largest absolute Gasteiger partial charge is 0.496 e. The smallest absolute Gasteiger partial charge is 0.261 e. The van der Waals surface area contributed by atoms with Crippen molar-refractivity contribution in [1.82, 2.24) is 5.32 Å². The van der Waals surface area contributed by atoms with E-state index in [1.165, 1.54) is 24.3 Å². The van der Waals surface area contributed by atoms with Crippen molar-refractivity contribution in [3.8, 4) is 11.5 Å². The van der Waals surface area contributed by atoms with Crippen LogP contribution in [0.4, 0.5) is 5.69 Å². The molecule has 0 aliphatic heterocycles.